The molecular weight excluding hydrogens is 250 g/mol. The zero-order chi connectivity index (χ0) is 14.9. The van der Waals surface area contributed by atoms with Crippen LogP contribution < -0.4 is 5.73 Å². The van der Waals surface area contributed by atoms with Gasteiger partial charge in [-0.2, -0.15) is 0 Å². The number of carbonyl (C=O) groups excluding carboxylic acids is 1. The first-order chi connectivity index (χ1) is 9.26. The minimum Gasteiger partial charge on any atom is -0.459 e. The second kappa shape index (κ2) is 5.57. The van der Waals surface area contributed by atoms with Crippen LogP contribution >= 0.6 is 0 Å². The van der Waals surface area contributed by atoms with Crippen molar-refractivity contribution in [2.75, 3.05) is 0 Å². The van der Waals surface area contributed by atoms with Crippen molar-refractivity contribution in [3.63, 3.8) is 0 Å². The van der Waals surface area contributed by atoms with Crippen molar-refractivity contribution in [2.45, 2.75) is 65.0 Å². The number of nitrogens with two attached hydrogens (primary N) is 1. The van der Waals surface area contributed by atoms with Gasteiger partial charge in [0.05, 0.1) is 0 Å². The minimum absolute atomic E-state index is 0.322. The monoisotopic (exact) mass is 275 g/mol. The fourth-order valence-electron chi connectivity index (χ4n) is 2.72. The predicted octanol–water partition coefficient (Wildman–Crippen LogP) is 2.70. The SMILES string of the molecule is Cc1cc2c(cc1C[C@H](N)C(=O)OC(C)(C)C)CCC2. The molecule has 20 heavy (non-hydrogen) atoms. The van der Waals surface area contributed by atoms with Gasteiger partial charge in [-0.25, -0.2) is 0 Å². The number of carbonyl (C=O) groups is 1. The van der Waals surface area contributed by atoms with Crippen LogP contribution in [0.2, 0.25) is 0 Å². The lowest BCUT2D eigenvalue weighted by Gasteiger charge is -2.22. The molecule has 3 heteroatoms. The number of fused-ring (bicyclic) bond motifs is 1. The van der Waals surface area contributed by atoms with E-state index in [2.05, 4.69) is 19.1 Å². The first-order valence-electron chi connectivity index (χ1n) is 7.36. The van der Waals surface area contributed by atoms with Gasteiger partial charge in [-0.3, -0.25) is 4.79 Å². The Kier molecular flexibility index (Phi) is 4.19. The Morgan fingerprint density at radius 2 is 1.90 bits per heavy atom. The van der Waals surface area contributed by atoms with Crippen molar-refractivity contribution in [2.24, 2.45) is 5.73 Å². The van der Waals surface area contributed by atoms with Gasteiger partial charge in [0.1, 0.15) is 11.6 Å². The molecule has 0 radical (unpaired) electrons. The quantitative estimate of drug-likeness (QED) is 0.863. The van der Waals surface area contributed by atoms with Gasteiger partial charge in [0.15, 0.2) is 0 Å². The summed E-state index contributed by atoms with van der Waals surface area (Å²) in [6.45, 7) is 7.67. The summed E-state index contributed by atoms with van der Waals surface area (Å²) in [5, 5.41) is 0. The van der Waals surface area contributed by atoms with Gasteiger partial charge in [0.2, 0.25) is 0 Å². The van der Waals surface area contributed by atoms with Gasteiger partial charge >= 0.3 is 5.97 Å². The fraction of sp³-hybridized carbons (Fsp3) is 0.588. The molecule has 0 saturated heterocycles. The summed E-state index contributed by atoms with van der Waals surface area (Å²) in [6, 6.07) is 3.88. The van der Waals surface area contributed by atoms with Gasteiger partial charge < -0.3 is 10.5 Å². The fourth-order valence-corrected chi connectivity index (χ4v) is 2.72. The lowest BCUT2D eigenvalue weighted by atomic mass is 9.96. The lowest BCUT2D eigenvalue weighted by Crippen LogP contribution is -2.39. The second-order valence-electron chi connectivity index (χ2n) is 6.75. The van der Waals surface area contributed by atoms with Crippen molar-refractivity contribution in [1.82, 2.24) is 0 Å². The van der Waals surface area contributed by atoms with Crippen LogP contribution in [0.4, 0.5) is 0 Å². The molecule has 3 nitrogen and oxygen atoms in total. The molecule has 110 valence electrons. The largest absolute Gasteiger partial charge is 0.459 e. The highest BCUT2D eigenvalue weighted by Gasteiger charge is 2.23. The Bertz CT molecular complexity index is 514. The first kappa shape index (κ1) is 15.0. The molecule has 1 aromatic carbocycles. The number of hydrogen-bond acceptors (Lipinski definition) is 3. The predicted molar refractivity (Wildman–Crippen MR) is 80.7 cm³/mol. The molecule has 1 aromatic rings. The Morgan fingerprint density at radius 1 is 1.30 bits per heavy atom. The smallest absolute Gasteiger partial charge is 0.323 e. The van der Waals surface area contributed by atoms with Crippen molar-refractivity contribution >= 4 is 5.97 Å². The summed E-state index contributed by atoms with van der Waals surface area (Å²) in [7, 11) is 0. The van der Waals surface area contributed by atoms with Gasteiger partial charge in [0, 0.05) is 0 Å². The number of benzene rings is 1. The molecule has 0 aromatic heterocycles. The number of aryl methyl sites for hydroxylation is 3. The highest BCUT2D eigenvalue weighted by atomic mass is 16.6. The van der Waals surface area contributed by atoms with E-state index in [0.717, 1.165) is 6.42 Å². The molecule has 1 aliphatic rings. The summed E-state index contributed by atoms with van der Waals surface area (Å²) in [5.41, 5.74) is 10.8. The molecule has 1 atom stereocenters. The maximum atomic E-state index is 12.0. The zero-order valence-electron chi connectivity index (χ0n) is 13.0. The molecule has 0 bridgehead atoms. The van der Waals surface area contributed by atoms with Crippen LogP contribution in [0.15, 0.2) is 12.1 Å². The number of ether oxygens (including phenoxy) is 1. The molecule has 0 spiro atoms. The summed E-state index contributed by atoms with van der Waals surface area (Å²) in [5.74, 6) is -0.322. The van der Waals surface area contributed by atoms with Crippen LogP contribution in [0.1, 0.15) is 49.4 Å². The summed E-state index contributed by atoms with van der Waals surface area (Å²) >= 11 is 0. The Morgan fingerprint density at radius 3 is 2.50 bits per heavy atom. The van der Waals surface area contributed by atoms with Gasteiger partial charge in [-0.1, -0.05) is 12.1 Å². The van der Waals surface area contributed by atoms with Crippen LogP contribution in [0.5, 0.6) is 0 Å². The molecule has 2 N–H and O–H groups in total. The highest BCUT2D eigenvalue weighted by molar-refractivity contribution is 5.76. The van der Waals surface area contributed by atoms with Crippen LogP contribution in [-0.4, -0.2) is 17.6 Å². The molecule has 1 aliphatic carbocycles. The average molecular weight is 275 g/mol. The van der Waals surface area contributed by atoms with Crippen molar-refractivity contribution in [3.05, 3.63) is 34.4 Å². The van der Waals surface area contributed by atoms with E-state index in [4.69, 9.17) is 10.5 Å². The van der Waals surface area contributed by atoms with E-state index in [9.17, 15) is 4.79 Å². The normalized spacial score (nSPS) is 15.8. The van der Waals surface area contributed by atoms with Crippen molar-refractivity contribution in [3.8, 4) is 0 Å². The number of esters is 1. The Balaban J connectivity index is 2.08. The molecule has 0 saturated carbocycles. The van der Waals surface area contributed by atoms with Crippen LogP contribution in [0, 0.1) is 6.92 Å². The maximum absolute atomic E-state index is 12.0. The van der Waals surface area contributed by atoms with E-state index in [1.807, 2.05) is 20.8 Å². The molecular formula is C17H25NO2. The van der Waals surface area contributed by atoms with E-state index in [1.165, 1.54) is 35.1 Å². The average Bonchev–Trinajstić information content (AvgIpc) is 2.74. The maximum Gasteiger partial charge on any atom is 0.323 e. The molecule has 0 heterocycles. The van der Waals surface area contributed by atoms with Crippen LogP contribution in [0.25, 0.3) is 0 Å². The van der Waals surface area contributed by atoms with E-state index in [-0.39, 0.29) is 5.97 Å². The van der Waals surface area contributed by atoms with Gasteiger partial charge in [-0.05, 0) is 75.6 Å². The Hall–Kier alpha value is -1.35. The second-order valence-corrected chi connectivity index (χ2v) is 6.75. The summed E-state index contributed by atoms with van der Waals surface area (Å²) < 4.78 is 5.34. The third-order valence-corrected chi connectivity index (χ3v) is 3.70. The van der Waals surface area contributed by atoms with Crippen LogP contribution in [-0.2, 0) is 28.8 Å². The molecule has 2 rings (SSSR count). The molecule has 0 aliphatic heterocycles. The third kappa shape index (κ3) is 3.60. The first-order valence-corrected chi connectivity index (χ1v) is 7.36. The summed E-state index contributed by atoms with van der Waals surface area (Å²) in [4.78, 5) is 12.0. The molecule has 0 amide bonds. The number of hydrogen-bond donors (Lipinski definition) is 1. The molecule has 0 unspecified atom stereocenters. The van der Waals surface area contributed by atoms with Crippen molar-refractivity contribution < 1.29 is 9.53 Å². The van der Waals surface area contributed by atoms with Crippen LogP contribution in [0.3, 0.4) is 0 Å². The number of rotatable bonds is 3. The van der Waals surface area contributed by atoms with E-state index in [1.54, 1.807) is 0 Å². The zero-order valence-corrected chi connectivity index (χ0v) is 13.0. The van der Waals surface area contributed by atoms with Crippen molar-refractivity contribution in [1.29, 1.82) is 0 Å². The summed E-state index contributed by atoms with van der Waals surface area (Å²) in [6.07, 6.45) is 4.10. The third-order valence-electron chi connectivity index (χ3n) is 3.70. The topological polar surface area (TPSA) is 52.3 Å². The Labute approximate surface area is 121 Å². The van der Waals surface area contributed by atoms with E-state index >= 15 is 0 Å². The van der Waals surface area contributed by atoms with E-state index < -0.39 is 11.6 Å². The standard InChI is InChI=1S/C17H25NO2/c1-11-8-12-6-5-7-13(12)9-14(11)10-15(18)16(19)20-17(2,3)4/h8-9,15H,5-7,10,18H2,1-4H3/t15-/m0/s1. The highest BCUT2D eigenvalue weighted by Crippen LogP contribution is 2.26. The van der Waals surface area contributed by atoms with E-state index in [0.29, 0.717) is 6.42 Å². The minimum atomic E-state index is -0.590. The lowest BCUT2D eigenvalue weighted by molar-refractivity contribution is -0.156. The van der Waals surface area contributed by atoms with Gasteiger partial charge in [-0.15, -0.1) is 0 Å². The molecule has 0 fully saturated rings. The van der Waals surface area contributed by atoms with Gasteiger partial charge in [0.25, 0.3) is 0 Å².